The molecule has 128 valence electrons. The van der Waals surface area contributed by atoms with Gasteiger partial charge in [-0.1, -0.05) is 32.0 Å². The van der Waals surface area contributed by atoms with Crippen molar-refractivity contribution in [1.29, 1.82) is 0 Å². The summed E-state index contributed by atoms with van der Waals surface area (Å²) in [7, 11) is -3.35. The molecule has 0 aromatic heterocycles. The van der Waals surface area contributed by atoms with Crippen LogP contribution >= 0.6 is 0 Å². The maximum absolute atomic E-state index is 12.7. The number of benzene rings is 2. The summed E-state index contributed by atoms with van der Waals surface area (Å²) in [6.07, 6.45) is 1.17. The fourth-order valence-corrected chi connectivity index (χ4v) is 4.21. The highest BCUT2D eigenvalue weighted by Crippen LogP contribution is 2.48. The molecule has 5 nitrogen and oxygen atoms in total. The summed E-state index contributed by atoms with van der Waals surface area (Å²) in [6, 6.07) is 12.7. The van der Waals surface area contributed by atoms with E-state index < -0.39 is 9.84 Å². The maximum Gasteiger partial charge on any atom is 0.258 e. The first-order valence-corrected chi connectivity index (χ1v) is 9.86. The molecule has 2 heterocycles. The van der Waals surface area contributed by atoms with Crippen molar-refractivity contribution in [2.75, 3.05) is 16.9 Å². The van der Waals surface area contributed by atoms with E-state index in [4.69, 9.17) is 0 Å². The molecule has 0 saturated carbocycles. The molecule has 2 aliphatic heterocycles. The third-order valence-corrected chi connectivity index (χ3v) is 6.01. The van der Waals surface area contributed by atoms with Crippen LogP contribution in [-0.4, -0.2) is 20.6 Å². The van der Waals surface area contributed by atoms with Crippen molar-refractivity contribution in [2.45, 2.75) is 24.2 Å². The lowest BCUT2D eigenvalue weighted by Crippen LogP contribution is -2.21. The Hall–Kier alpha value is -2.60. The molecule has 0 spiro atoms. The Bertz CT molecular complexity index is 1070. The van der Waals surface area contributed by atoms with E-state index in [0.29, 0.717) is 16.8 Å². The van der Waals surface area contributed by atoms with Crippen LogP contribution in [0, 0.1) is 0 Å². The Morgan fingerprint density at radius 1 is 0.960 bits per heavy atom. The lowest BCUT2D eigenvalue weighted by molar-refractivity contribution is -0.110. The van der Waals surface area contributed by atoms with E-state index in [1.807, 2.05) is 24.3 Å². The Balaban J connectivity index is 1.97. The highest BCUT2D eigenvalue weighted by Gasteiger charge is 2.40. The van der Waals surface area contributed by atoms with Gasteiger partial charge in [0.25, 0.3) is 5.91 Å². The van der Waals surface area contributed by atoms with Crippen LogP contribution in [-0.2, 0) is 20.0 Å². The molecule has 0 radical (unpaired) electrons. The molecule has 0 unspecified atom stereocenters. The molecule has 0 saturated heterocycles. The average molecular weight is 354 g/mol. The molecule has 2 aliphatic rings. The lowest BCUT2D eigenvalue weighted by Gasteiger charge is -2.22. The number of carbonyl (C=O) groups excluding carboxylic acids is 1. The number of sulfone groups is 1. The molecule has 0 bridgehead atoms. The minimum absolute atomic E-state index is 0.203. The molecule has 2 aromatic carbocycles. The minimum atomic E-state index is -3.35. The van der Waals surface area contributed by atoms with Gasteiger partial charge in [-0.05, 0) is 29.8 Å². The summed E-state index contributed by atoms with van der Waals surface area (Å²) >= 11 is 0. The number of rotatable bonds is 1. The predicted octanol–water partition coefficient (Wildman–Crippen LogP) is 3.16. The fourth-order valence-electron chi connectivity index (χ4n) is 3.56. The summed E-state index contributed by atoms with van der Waals surface area (Å²) in [5.41, 5.74) is 4.24. The van der Waals surface area contributed by atoms with Gasteiger partial charge in [0, 0.05) is 34.3 Å². The third kappa shape index (κ3) is 2.28. The monoisotopic (exact) mass is 354 g/mol. The van der Waals surface area contributed by atoms with Crippen molar-refractivity contribution in [2.24, 2.45) is 0 Å². The van der Waals surface area contributed by atoms with Gasteiger partial charge < -0.3 is 10.6 Å². The van der Waals surface area contributed by atoms with Crippen LogP contribution < -0.4 is 10.6 Å². The number of hydrogen-bond donors (Lipinski definition) is 2. The van der Waals surface area contributed by atoms with Gasteiger partial charge in [-0.2, -0.15) is 0 Å². The van der Waals surface area contributed by atoms with Gasteiger partial charge in [-0.25, -0.2) is 8.42 Å². The smallest absolute Gasteiger partial charge is 0.258 e. The van der Waals surface area contributed by atoms with Gasteiger partial charge in [0.1, 0.15) is 0 Å². The highest BCUT2D eigenvalue weighted by molar-refractivity contribution is 7.90. The summed E-state index contributed by atoms with van der Waals surface area (Å²) in [5.74, 6) is -0.218. The molecule has 0 fully saturated rings. The first kappa shape index (κ1) is 15.9. The number of amides is 1. The first-order chi connectivity index (χ1) is 11.7. The molecule has 1 amide bonds. The van der Waals surface area contributed by atoms with Crippen molar-refractivity contribution in [1.82, 2.24) is 0 Å². The highest BCUT2D eigenvalue weighted by atomic mass is 32.2. The zero-order chi connectivity index (χ0) is 18.0. The van der Waals surface area contributed by atoms with Gasteiger partial charge in [-0.15, -0.1) is 0 Å². The van der Waals surface area contributed by atoms with E-state index in [-0.39, 0.29) is 16.2 Å². The lowest BCUT2D eigenvalue weighted by atomic mass is 9.81. The third-order valence-electron chi connectivity index (χ3n) is 4.90. The van der Waals surface area contributed by atoms with Crippen LogP contribution in [0.15, 0.2) is 53.1 Å². The van der Waals surface area contributed by atoms with E-state index >= 15 is 0 Å². The minimum Gasteiger partial charge on any atom is -0.357 e. The zero-order valence-corrected chi connectivity index (χ0v) is 15.0. The van der Waals surface area contributed by atoms with Crippen molar-refractivity contribution in [3.05, 3.63) is 59.3 Å². The normalized spacial score (nSPS) is 20.7. The second kappa shape index (κ2) is 4.95. The van der Waals surface area contributed by atoms with E-state index in [1.54, 1.807) is 12.1 Å². The van der Waals surface area contributed by atoms with Crippen molar-refractivity contribution in [3.8, 4) is 0 Å². The van der Waals surface area contributed by atoms with Crippen LogP contribution in [0.1, 0.15) is 25.0 Å². The first-order valence-electron chi connectivity index (χ1n) is 7.97. The summed E-state index contributed by atoms with van der Waals surface area (Å²) in [4.78, 5) is 12.9. The van der Waals surface area contributed by atoms with Crippen LogP contribution in [0.25, 0.3) is 5.57 Å². The van der Waals surface area contributed by atoms with Gasteiger partial charge in [0.2, 0.25) is 0 Å². The number of nitrogens with one attached hydrogen (secondary N) is 2. The van der Waals surface area contributed by atoms with E-state index in [1.165, 1.54) is 12.3 Å². The number of allylic oxidation sites excluding steroid dienone is 1. The van der Waals surface area contributed by atoms with Crippen LogP contribution in [0.5, 0.6) is 0 Å². The second-order valence-corrected chi connectivity index (χ2v) is 8.99. The largest absolute Gasteiger partial charge is 0.357 e. The Morgan fingerprint density at radius 2 is 1.68 bits per heavy atom. The topological polar surface area (TPSA) is 75.3 Å². The number of fused-ring (bicyclic) bond motifs is 2. The standard InChI is InChI=1S/C19H18N2O3S/c1-19(2)13-6-4-5-7-15(13)20-17(19)16-12-10-11(25(3,23)24)8-9-14(12)21-18(16)22/h4-10,20H,1-3H3,(H,21,22)/b17-16-. The molecule has 6 heteroatoms. The Morgan fingerprint density at radius 3 is 2.36 bits per heavy atom. The quantitative estimate of drug-likeness (QED) is 0.772. The SMILES string of the molecule is CC1(C)/C(=C2/C(=O)Nc3ccc(S(C)(=O)=O)cc32)Nc2ccccc21. The van der Waals surface area contributed by atoms with E-state index in [9.17, 15) is 13.2 Å². The number of carbonyl (C=O) groups is 1. The van der Waals surface area contributed by atoms with Gasteiger partial charge in [0.15, 0.2) is 9.84 Å². The predicted molar refractivity (Wildman–Crippen MR) is 98.2 cm³/mol. The second-order valence-electron chi connectivity index (χ2n) is 6.98. The van der Waals surface area contributed by atoms with Crippen molar-refractivity contribution >= 4 is 32.7 Å². The molecular weight excluding hydrogens is 336 g/mol. The molecule has 0 aliphatic carbocycles. The zero-order valence-electron chi connectivity index (χ0n) is 14.2. The molecule has 2 aromatic rings. The summed E-state index contributed by atoms with van der Waals surface area (Å²) < 4.78 is 23.8. The van der Waals surface area contributed by atoms with Crippen LogP contribution in [0.3, 0.4) is 0 Å². The molecule has 25 heavy (non-hydrogen) atoms. The van der Waals surface area contributed by atoms with E-state index in [0.717, 1.165) is 16.9 Å². The van der Waals surface area contributed by atoms with Crippen LogP contribution in [0.2, 0.25) is 0 Å². The Labute approximate surface area is 146 Å². The molecular formula is C19H18N2O3S. The number of hydrogen-bond acceptors (Lipinski definition) is 4. The van der Waals surface area contributed by atoms with Gasteiger partial charge in [0.05, 0.1) is 10.5 Å². The average Bonchev–Trinajstić information content (AvgIpc) is 2.99. The van der Waals surface area contributed by atoms with Crippen molar-refractivity contribution in [3.63, 3.8) is 0 Å². The molecule has 2 N–H and O–H groups in total. The maximum atomic E-state index is 12.7. The van der Waals surface area contributed by atoms with Crippen molar-refractivity contribution < 1.29 is 13.2 Å². The number of anilines is 2. The van der Waals surface area contributed by atoms with Crippen LogP contribution in [0.4, 0.5) is 11.4 Å². The van der Waals surface area contributed by atoms with E-state index in [2.05, 4.69) is 24.5 Å². The summed E-state index contributed by atoms with van der Waals surface area (Å²) in [6.45, 7) is 4.11. The Kier molecular flexibility index (Phi) is 3.15. The molecule has 4 rings (SSSR count). The fraction of sp³-hybridized carbons (Fsp3) is 0.211. The molecule has 0 atom stereocenters. The van der Waals surface area contributed by atoms with Gasteiger partial charge >= 0.3 is 0 Å². The number of para-hydroxylation sites is 1. The van der Waals surface area contributed by atoms with Gasteiger partial charge in [-0.3, -0.25) is 4.79 Å². The summed E-state index contributed by atoms with van der Waals surface area (Å²) in [5, 5.41) is 6.20.